The topological polar surface area (TPSA) is 75.0 Å². The lowest BCUT2D eigenvalue weighted by Gasteiger charge is -2.14. The zero-order chi connectivity index (χ0) is 22.5. The molecule has 3 aromatic carbocycles. The molecule has 0 spiro atoms. The molecular weight excluding hydrogens is 408 g/mol. The number of carbonyl (C=O) groups is 1. The fraction of sp³-hybridized carbons (Fsp3) is 0.154. The molecule has 4 aromatic rings. The Labute approximate surface area is 185 Å². The Balaban J connectivity index is 1.51. The summed E-state index contributed by atoms with van der Waals surface area (Å²) in [6.45, 7) is 1.78. The van der Waals surface area contributed by atoms with Gasteiger partial charge >= 0.3 is 5.97 Å². The average molecular weight is 430 g/mol. The number of benzene rings is 3. The van der Waals surface area contributed by atoms with Crippen LogP contribution in [0.25, 0.3) is 22.1 Å². The van der Waals surface area contributed by atoms with Gasteiger partial charge in [0.2, 0.25) is 5.43 Å². The van der Waals surface area contributed by atoms with Crippen LogP contribution in [0.2, 0.25) is 0 Å². The lowest BCUT2D eigenvalue weighted by Crippen LogP contribution is -2.26. The molecule has 1 atom stereocenters. The summed E-state index contributed by atoms with van der Waals surface area (Å²) < 4.78 is 22.1. The number of ether oxygens (including phenoxy) is 3. The quantitative estimate of drug-likeness (QED) is 0.385. The first-order valence-corrected chi connectivity index (χ1v) is 10.1. The molecule has 0 saturated carbocycles. The fourth-order valence-corrected chi connectivity index (χ4v) is 3.33. The Bertz CT molecular complexity index is 1290. The van der Waals surface area contributed by atoms with Crippen molar-refractivity contribution in [2.75, 3.05) is 7.11 Å². The maximum atomic E-state index is 13.0. The van der Waals surface area contributed by atoms with Crippen LogP contribution in [0.4, 0.5) is 0 Å². The Hall–Kier alpha value is -4.06. The largest absolute Gasteiger partial charge is 0.496 e. The summed E-state index contributed by atoms with van der Waals surface area (Å²) in [5.74, 6) is 0.499. The third-order valence-electron chi connectivity index (χ3n) is 5.01. The summed E-state index contributed by atoms with van der Waals surface area (Å²) in [7, 11) is 1.55. The molecule has 0 N–H and O–H groups in total. The minimum atomic E-state index is -0.823. The molecule has 1 heterocycles. The van der Waals surface area contributed by atoms with Crippen molar-refractivity contribution in [2.45, 2.75) is 19.6 Å². The van der Waals surface area contributed by atoms with Crippen LogP contribution in [-0.4, -0.2) is 19.2 Å². The number of methoxy groups -OCH3 is 1. The van der Waals surface area contributed by atoms with Crippen LogP contribution in [0.15, 0.2) is 88.3 Å². The molecule has 0 fully saturated rings. The van der Waals surface area contributed by atoms with Crippen molar-refractivity contribution in [1.82, 2.24) is 0 Å². The highest BCUT2D eigenvalue weighted by Crippen LogP contribution is 2.29. The van der Waals surface area contributed by atoms with E-state index in [0.29, 0.717) is 33.6 Å². The summed E-state index contributed by atoms with van der Waals surface area (Å²) in [6.07, 6.45) is 0.583. The van der Waals surface area contributed by atoms with Gasteiger partial charge < -0.3 is 18.6 Å². The minimum Gasteiger partial charge on any atom is -0.496 e. The standard InChI is InChI=1S/C26H22O6/c1-17(26(28)31-15-18-8-4-3-5-9-18)32-19-12-13-21-24(14-19)30-16-22(25(21)27)20-10-6-7-11-23(20)29-2/h3-14,16-17H,15H2,1-2H3/t17-/m1/s1. The molecule has 32 heavy (non-hydrogen) atoms. The zero-order valence-corrected chi connectivity index (χ0v) is 17.7. The first-order valence-electron chi connectivity index (χ1n) is 10.1. The maximum Gasteiger partial charge on any atom is 0.347 e. The maximum absolute atomic E-state index is 13.0. The van der Waals surface area contributed by atoms with Gasteiger partial charge in [-0.1, -0.05) is 48.5 Å². The van der Waals surface area contributed by atoms with E-state index >= 15 is 0 Å². The van der Waals surface area contributed by atoms with E-state index in [4.69, 9.17) is 18.6 Å². The minimum absolute atomic E-state index is 0.172. The van der Waals surface area contributed by atoms with E-state index in [0.717, 1.165) is 5.56 Å². The molecule has 1 aromatic heterocycles. The Morgan fingerprint density at radius 2 is 1.72 bits per heavy atom. The number of carbonyl (C=O) groups excluding carboxylic acids is 1. The van der Waals surface area contributed by atoms with E-state index < -0.39 is 12.1 Å². The Morgan fingerprint density at radius 3 is 2.50 bits per heavy atom. The molecule has 0 saturated heterocycles. The lowest BCUT2D eigenvalue weighted by molar-refractivity contribution is -0.152. The second-order valence-electron chi connectivity index (χ2n) is 7.19. The molecule has 4 rings (SSSR count). The number of hydrogen-bond acceptors (Lipinski definition) is 6. The van der Waals surface area contributed by atoms with Gasteiger partial charge in [0.15, 0.2) is 6.10 Å². The van der Waals surface area contributed by atoms with Gasteiger partial charge in [0.05, 0.1) is 18.1 Å². The molecule has 0 aliphatic carbocycles. The summed E-state index contributed by atoms with van der Waals surface area (Å²) in [5.41, 5.74) is 2.13. The van der Waals surface area contributed by atoms with Gasteiger partial charge in [-0.25, -0.2) is 4.79 Å². The Kier molecular flexibility index (Phi) is 6.22. The molecule has 0 radical (unpaired) electrons. The van der Waals surface area contributed by atoms with E-state index in [1.54, 1.807) is 44.4 Å². The number of hydrogen-bond donors (Lipinski definition) is 0. The highest BCUT2D eigenvalue weighted by molar-refractivity contribution is 5.84. The van der Waals surface area contributed by atoms with Crippen LogP contribution >= 0.6 is 0 Å². The van der Waals surface area contributed by atoms with Crippen LogP contribution in [0.5, 0.6) is 11.5 Å². The van der Waals surface area contributed by atoms with Crippen LogP contribution in [0.3, 0.4) is 0 Å². The first-order chi connectivity index (χ1) is 15.6. The molecule has 0 aliphatic rings. The van der Waals surface area contributed by atoms with Crippen molar-refractivity contribution in [3.05, 3.63) is 94.8 Å². The van der Waals surface area contributed by atoms with Gasteiger partial charge in [-0.15, -0.1) is 0 Å². The normalized spacial score (nSPS) is 11.7. The van der Waals surface area contributed by atoms with Gasteiger partial charge in [0, 0.05) is 11.6 Å². The highest BCUT2D eigenvalue weighted by Gasteiger charge is 2.18. The molecule has 0 unspecified atom stereocenters. The molecule has 0 amide bonds. The molecule has 6 heteroatoms. The van der Waals surface area contributed by atoms with E-state index in [1.807, 2.05) is 42.5 Å². The second kappa shape index (κ2) is 9.39. The molecule has 6 nitrogen and oxygen atoms in total. The predicted octanol–water partition coefficient (Wildman–Crippen LogP) is 4.98. The summed E-state index contributed by atoms with van der Waals surface area (Å²) >= 11 is 0. The smallest absolute Gasteiger partial charge is 0.347 e. The van der Waals surface area contributed by atoms with E-state index in [2.05, 4.69) is 0 Å². The predicted molar refractivity (Wildman–Crippen MR) is 121 cm³/mol. The summed E-state index contributed by atoms with van der Waals surface area (Å²) in [6, 6.07) is 21.5. The summed E-state index contributed by atoms with van der Waals surface area (Å²) in [5, 5.41) is 0.403. The van der Waals surface area contributed by atoms with Gasteiger partial charge in [-0.05, 0) is 30.7 Å². The van der Waals surface area contributed by atoms with Crippen molar-refractivity contribution >= 4 is 16.9 Å². The third kappa shape index (κ3) is 4.49. The van der Waals surface area contributed by atoms with Crippen molar-refractivity contribution in [1.29, 1.82) is 0 Å². The van der Waals surface area contributed by atoms with Crippen LogP contribution in [-0.2, 0) is 16.1 Å². The zero-order valence-electron chi connectivity index (χ0n) is 17.7. The van der Waals surface area contributed by atoms with Crippen molar-refractivity contribution < 1.29 is 23.4 Å². The van der Waals surface area contributed by atoms with Crippen molar-refractivity contribution in [3.8, 4) is 22.6 Å². The van der Waals surface area contributed by atoms with Gasteiger partial charge in [-0.2, -0.15) is 0 Å². The average Bonchev–Trinajstić information content (AvgIpc) is 2.83. The van der Waals surface area contributed by atoms with Crippen LogP contribution in [0, 0.1) is 0 Å². The highest BCUT2D eigenvalue weighted by atomic mass is 16.6. The summed E-state index contributed by atoms with van der Waals surface area (Å²) in [4.78, 5) is 25.3. The molecule has 162 valence electrons. The number of rotatable bonds is 7. The van der Waals surface area contributed by atoms with Gasteiger partial charge in [0.1, 0.15) is 30.0 Å². The lowest BCUT2D eigenvalue weighted by atomic mass is 10.0. The van der Waals surface area contributed by atoms with Gasteiger partial charge in [0.25, 0.3) is 0 Å². The van der Waals surface area contributed by atoms with Crippen LogP contribution in [0.1, 0.15) is 12.5 Å². The van der Waals surface area contributed by atoms with E-state index in [9.17, 15) is 9.59 Å². The third-order valence-corrected chi connectivity index (χ3v) is 5.01. The number of para-hydroxylation sites is 1. The van der Waals surface area contributed by atoms with E-state index in [1.165, 1.54) is 6.26 Å². The van der Waals surface area contributed by atoms with Gasteiger partial charge in [-0.3, -0.25) is 4.79 Å². The monoisotopic (exact) mass is 430 g/mol. The van der Waals surface area contributed by atoms with Crippen molar-refractivity contribution in [3.63, 3.8) is 0 Å². The Morgan fingerprint density at radius 1 is 0.969 bits per heavy atom. The number of esters is 1. The fourth-order valence-electron chi connectivity index (χ4n) is 3.33. The molecule has 0 aliphatic heterocycles. The van der Waals surface area contributed by atoms with Crippen LogP contribution < -0.4 is 14.9 Å². The van der Waals surface area contributed by atoms with Crippen molar-refractivity contribution in [2.24, 2.45) is 0 Å². The first kappa shape index (κ1) is 21.2. The second-order valence-corrected chi connectivity index (χ2v) is 7.19. The SMILES string of the molecule is COc1ccccc1-c1coc2cc(O[C@H](C)C(=O)OCc3ccccc3)ccc2c1=O. The van der Waals surface area contributed by atoms with E-state index in [-0.39, 0.29) is 12.0 Å². The molecular formula is C26H22O6. The molecule has 0 bridgehead atoms. The number of fused-ring (bicyclic) bond motifs is 1.